The maximum Gasteiger partial charge on any atom is 0.339 e. The molecule has 0 saturated carbocycles. The molecule has 0 saturated heterocycles. The minimum atomic E-state index is -0.467. The van der Waals surface area contributed by atoms with Crippen LogP contribution >= 0.6 is 22.6 Å². The number of benzene rings is 2. The molecule has 0 fully saturated rings. The average Bonchev–Trinajstić information content (AvgIpc) is 2.77. The van der Waals surface area contributed by atoms with Crippen LogP contribution in [0.25, 0.3) is 0 Å². The zero-order valence-electron chi connectivity index (χ0n) is 10.5. The highest BCUT2D eigenvalue weighted by Gasteiger charge is 2.32. The van der Waals surface area contributed by atoms with Crippen molar-refractivity contribution in [1.29, 1.82) is 0 Å². The number of carbonyl (C=O) groups is 2. The SMILES string of the molecule is O=C(C[C@H]1OC(=O)c2ccccc21)c1ccc(I)cc1. The van der Waals surface area contributed by atoms with Crippen molar-refractivity contribution in [3.05, 3.63) is 68.8 Å². The lowest BCUT2D eigenvalue weighted by atomic mass is 9.99. The zero-order valence-corrected chi connectivity index (χ0v) is 12.7. The molecule has 1 aliphatic heterocycles. The fraction of sp³-hybridized carbons (Fsp3) is 0.125. The van der Waals surface area contributed by atoms with Gasteiger partial charge in [-0.15, -0.1) is 0 Å². The van der Waals surface area contributed by atoms with Crippen molar-refractivity contribution in [3.63, 3.8) is 0 Å². The van der Waals surface area contributed by atoms with Crippen LogP contribution in [0.2, 0.25) is 0 Å². The van der Waals surface area contributed by atoms with Crippen LogP contribution in [0, 0.1) is 3.57 Å². The van der Waals surface area contributed by atoms with E-state index < -0.39 is 6.10 Å². The van der Waals surface area contributed by atoms with Crippen molar-refractivity contribution in [2.45, 2.75) is 12.5 Å². The Morgan fingerprint density at radius 1 is 1.10 bits per heavy atom. The molecule has 0 aliphatic carbocycles. The van der Waals surface area contributed by atoms with Crippen LogP contribution in [0.5, 0.6) is 0 Å². The molecule has 1 atom stereocenters. The molecular formula is C16H11IO3. The number of hydrogen-bond donors (Lipinski definition) is 0. The second-order valence-corrected chi connectivity index (χ2v) is 5.86. The lowest BCUT2D eigenvalue weighted by Gasteiger charge is -2.09. The molecule has 100 valence electrons. The minimum absolute atomic E-state index is 0.0177. The smallest absolute Gasteiger partial charge is 0.339 e. The van der Waals surface area contributed by atoms with Gasteiger partial charge in [0.05, 0.1) is 12.0 Å². The number of carbonyl (C=O) groups excluding carboxylic acids is 2. The summed E-state index contributed by atoms with van der Waals surface area (Å²) in [6.45, 7) is 0. The van der Waals surface area contributed by atoms with E-state index in [2.05, 4.69) is 22.6 Å². The van der Waals surface area contributed by atoms with Crippen molar-refractivity contribution >= 4 is 34.3 Å². The quantitative estimate of drug-likeness (QED) is 0.464. The summed E-state index contributed by atoms with van der Waals surface area (Å²) in [7, 11) is 0. The molecule has 3 nitrogen and oxygen atoms in total. The van der Waals surface area contributed by atoms with Gasteiger partial charge in [0.15, 0.2) is 5.78 Å². The topological polar surface area (TPSA) is 43.4 Å². The van der Waals surface area contributed by atoms with Crippen molar-refractivity contribution < 1.29 is 14.3 Å². The van der Waals surface area contributed by atoms with Crippen molar-refractivity contribution in [2.75, 3.05) is 0 Å². The van der Waals surface area contributed by atoms with Crippen LogP contribution in [-0.2, 0) is 4.74 Å². The van der Waals surface area contributed by atoms with Gasteiger partial charge in [-0.2, -0.15) is 0 Å². The van der Waals surface area contributed by atoms with E-state index >= 15 is 0 Å². The molecule has 0 aromatic heterocycles. The number of rotatable bonds is 3. The molecule has 3 rings (SSSR count). The minimum Gasteiger partial charge on any atom is -0.453 e. The molecule has 0 amide bonds. The van der Waals surface area contributed by atoms with E-state index in [1.807, 2.05) is 24.3 Å². The van der Waals surface area contributed by atoms with Crippen LogP contribution in [-0.4, -0.2) is 11.8 Å². The highest BCUT2D eigenvalue weighted by atomic mass is 127. The number of fused-ring (bicyclic) bond motifs is 1. The Morgan fingerprint density at radius 2 is 1.80 bits per heavy atom. The average molecular weight is 378 g/mol. The van der Waals surface area contributed by atoms with Crippen molar-refractivity contribution in [3.8, 4) is 0 Å². The van der Waals surface area contributed by atoms with Crippen LogP contribution in [0.3, 0.4) is 0 Å². The molecule has 1 aliphatic rings. The summed E-state index contributed by atoms with van der Waals surface area (Å²) >= 11 is 2.19. The van der Waals surface area contributed by atoms with E-state index in [1.54, 1.807) is 24.3 Å². The first-order chi connectivity index (χ1) is 9.65. The molecule has 0 spiro atoms. The van der Waals surface area contributed by atoms with E-state index in [9.17, 15) is 9.59 Å². The molecule has 4 heteroatoms. The Bertz CT molecular complexity index is 676. The molecule has 0 N–H and O–H groups in total. The highest BCUT2D eigenvalue weighted by Crippen LogP contribution is 2.33. The summed E-state index contributed by atoms with van der Waals surface area (Å²) in [5.74, 6) is -0.364. The predicted octanol–water partition coefficient (Wildman–Crippen LogP) is 3.78. The highest BCUT2D eigenvalue weighted by molar-refractivity contribution is 14.1. The summed E-state index contributed by atoms with van der Waals surface area (Å²) in [4.78, 5) is 23.9. The number of ether oxygens (including phenoxy) is 1. The van der Waals surface area contributed by atoms with Crippen LogP contribution < -0.4 is 0 Å². The third-order valence-electron chi connectivity index (χ3n) is 3.31. The fourth-order valence-electron chi connectivity index (χ4n) is 2.29. The van der Waals surface area contributed by atoms with Gasteiger partial charge < -0.3 is 4.74 Å². The lowest BCUT2D eigenvalue weighted by Crippen LogP contribution is -2.07. The Kier molecular flexibility index (Phi) is 3.56. The monoisotopic (exact) mass is 378 g/mol. The van der Waals surface area contributed by atoms with Crippen molar-refractivity contribution in [1.82, 2.24) is 0 Å². The molecule has 0 bridgehead atoms. The number of hydrogen-bond acceptors (Lipinski definition) is 3. The number of Topliss-reactive ketones (excluding diaryl/α,β-unsaturated/α-hetero) is 1. The largest absolute Gasteiger partial charge is 0.453 e. The summed E-state index contributed by atoms with van der Waals surface area (Å²) in [6, 6.07) is 14.6. The standard InChI is InChI=1S/C16H11IO3/c17-11-7-5-10(6-8-11)14(18)9-15-12-3-1-2-4-13(12)16(19)20-15/h1-8,15H,9H2/t15-/m1/s1. The Balaban J connectivity index is 1.81. The van der Waals surface area contributed by atoms with Gasteiger partial charge in [-0.25, -0.2) is 4.79 Å². The lowest BCUT2D eigenvalue weighted by molar-refractivity contribution is 0.0367. The maximum atomic E-state index is 12.2. The van der Waals surface area contributed by atoms with Gasteiger partial charge in [0.25, 0.3) is 0 Å². The zero-order chi connectivity index (χ0) is 14.1. The van der Waals surface area contributed by atoms with Crippen LogP contribution in [0.15, 0.2) is 48.5 Å². The number of cyclic esters (lactones) is 1. The van der Waals surface area contributed by atoms with Gasteiger partial charge in [-0.1, -0.05) is 30.3 Å². The number of halogens is 1. The molecule has 1 heterocycles. The van der Waals surface area contributed by atoms with Crippen molar-refractivity contribution in [2.24, 2.45) is 0 Å². The first-order valence-electron chi connectivity index (χ1n) is 6.24. The fourth-order valence-corrected chi connectivity index (χ4v) is 2.65. The normalized spacial score (nSPS) is 16.6. The molecular weight excluding hydrogens is 367 g/mol. The van der Waals surface area contributed by atoms with E-state index in [4.69, 9.17) is 4.74 Å². The Hall–Kier alpha value is -1.69. The van der Waals surface area contributed by atoms with E-state index in [0.717, 1.165) is 9.13 Å². The van der Waals surface area contributed by atoms with Gasteiger partial charge in [0.2, 0.25) is 0 Å². The summed E-state index contributed by atoms with van der Waals surface area (Å²) in [5, 5.41) is 0. The van der Waals surface area contributed by atoms with E-state index in [0.29, 0.717) is 11.1 Å². The summed E-state index contributed by atoms with van der Waals surface area (Å²) in [6.07, 6.45) is -0.283. The van der Waals surface area contributed by atoms with E-state index in [-0.39, 0.29) is 18.2 Å². The number of ketones is 1. The Morgan fingerprint density at radius 3 is 2.55 bits per heavy atom. The molecule has 0 unspecified atom stereocenters. The Labute approximate surface area is 130 Å². The van der Waals surface area contributed by atoms with Crippen LogP contribution in [0.4, 0.5) is 0 Å². The van der Waals surface area contributed by atoms with E-state index in [1.165, 1.54) is 0 Å². The first-order valence-corrected chi connectivity index (χ1v) is 7.32. The molecule has 0 radical (unpaired) electrons. The molecule has 20 heavy (non-hydrogen) atoms. The molecule has 2 aromatic carbocycles. The van der Waals surface area contributed by atoms with Gasteiger partial charge in [-0.05, 0) is 40.8 Å². The van der Waals surface area contributed by atoms with Gasteiger partial charge in [-0.3, -0.25) is 4.79 Å². The third kappa shape index (κ3) is 2.47. The van der Waals surface area contributed by atoms with Gasteiger partial charge in [0.1, 0.15) is 6.10 Å². The first kappa shape index (κ1) is 13.3. The third-order valence-corrected chi connectivity index (χ3v) is 4.03. The predicted molar refractivity (Wildman–Crippen MR) is 82.7 cm³/mol. The maximum absolute atomic E-state index is 12.2. The number of esters is 1. The summed E-state index contributed by atoms with van der Waals surface area (Å²) in [5.41, 5.74) is 2.01. The van der Waals surface area contributed by atoms with Gasteiger partial charge >= 0.3 is 5.97 Å². The molecule has 2 aromatic rings. The second-order valence-electron chi connectivity index (χ2n) is 4.62. The van der Waals surface area contributed by atoms with Crippen LogP contribution in [0.1, 0.15) is 38.8 Å². The van der Waals surface area contributed by atoms with Gasteiger partial charge in [0, 0.05) is 14.7 Å². The summed E-state index contributed by atoms with van der Waals surface area (Å²) < 4.78 is 6.37. The second kappa shape index (κ2) is 5.36.